The summed E-state index contributed by atoms with van der Waals surface area (Å²) in [4.78, 5) is 2.40. The molecule has 6 nitrogen and oxygen atoms in total. The molecule has 2 unspecified atom stereocenters. The molecule has 2 saturated heterocycles. The zero-order valence-corrected chi connectivity index (χ0v) is 15.9. The zero-order chi connectivity index (χ0) is 17.2. The molecule has 0 spiro atoms. The first kappa shape index (κ1) is 18.6. The van der Waals surface area contributed by atoms with Crippen LogP contribution in [0.2, 0.25) is 0 Å². The predicted octanol–water partition coefficient (Wildman–Crippen LogP) is 0.0186. The maximum atomic E-state index is 11.7. The van der Waals surface area contributed by atoms with Gasteiger partial charge in [-0.15, -0.1) is 0 Å². The van der Waals surface area contributed by atoms with Crippen molar-refractivity contribution in [2.75, 3.05) is 46.0 Å². The Morgan fingerprint density at radius 2 is 1.88 bits per heavy atom. The van der Waals surface area contributed by atoms with Gasteiger partial charge in [-0.2, -0.15) is 0 Å². The quantitative estimate of drug-likeness (QED) is 0.643. The fraction of sp³-hybridized carbons (Fsp3) is 1.00. The molecule has 3 rings (SSSR count). The maximum Gasteiger partial charge on any atom is 0.150 e. The molecule has 24 heavy (non-hydrogen) atoms. The predicted molar refractivity (Wildman–Crippen MR) is 97.8 cm³/mol. The lowest BCUT2D eigenvalue weighted by molar-refractivity contribution is 0.199. The Kier molecular flexibility index (Phi) is 6.19. The van der Waals surface area contributed by atoms with Gasteiger partial charge < -0.3 is 15.5 Å². The summed E-state index contributed by atoms with van der Waals surface area (Å²) in [6, 6.07) is 0.461. The summed E-state index contributed by atoms with van der Waals surface area (Å²) in [6.07, 6.45) is 6.72. The average Bonchev–Trinajstić information content (AvgIpc) is 2.98. The van der Waals surface area contributed by atoms with E-state index >= 15 is 0 Å². The van der Waals surface area contributed by atoms with E-state index in [1.54, 1.807) is 0 Å². The van der Waals surface area contributed by atoms with Crippen molar-refractivity contribution in [1.29, 1.82) is 0 Å². The smallest absolute Gasteiger partial charge is 0.150 e. The molecule has 0 aromatic rings. The fourth-order valence-corrected chi connectivity index (χ4v) is 5.74. The highest BCUT2D eigenvalue weighted by molar-refractivity contribution is 7.91. The topological polar surface area (TPSA) is 73.5 Å². The molecule has 0 radical (unpaired) electrons. The Bertz CT molecular complexity index is 505. The van der Waals surface area contributed by atoms with Crippen molar-refractivity contribution in [3.63, 3.8) is 0 Å². The Morgan fingerprint density at radius 1 is 1.12 bits per heavy atom. The van der Waals surface area contributed by atoms with Gasteiger partial charge in [-0.25, -0.2) is 8.42 Å². The highest BCUT2D eigenvalue weighted by Crippen LogP contribution is 2.30. The number of sulfone groups is 1. The van der Waals surface area contributed by atoms with Crippen molar-refractivity contribution in [3.8, 4) is 0 Å². The summed E-state index contributed by atoms with van der Waals surface area (Å²) in [5.41, 5.74) is 0. The second-order valence-corrected chi connectivity index (χ2v) is 10.5. The van der Waals surface area contributed by atoms with Gasteiger partial charge in [0.05, 0.1) is 11.4 Å². The SMILES string of the molecule is CN1CC[C@H](CNC2CNCC(C3CCC(S(C)(=O)=O)CC3)N2)C1. The second-order valence-electron chi connectivity index (χ2n) is 8.18. The van der Waals surface area contributed by atoms with Crippen LogP contribution in [0.25, 0.3) is 0 Å². The molecular formula is C17H34N4O2S. The molecule has 0 aromatic carbocycles. The lowest BCUT2D eigenvalue weighted by atomic mass is 9.83. The van der Waals surface area contributed by atoms with Gasteiger partial charge in [0.2, 0.25) is 0 Å². The van der Waals surface area contributed by atoms with Crippen LogP contribution in [0.1, 0.15) is 32.1 Å². The zero-order valence-electron chi connectivity index (χ0n) is 15.1. The van der Waals surface area contributed by atoms with Crippen molar-refractivity contribution in [3.05, 3.63) is 0 Å². The van der Waals surface area contributed by atoms with Crippen LogP contribution in [0.5, 0.6) is 0 Å². The average molecular weight is 359 g/mol. The molecular weight excluding hydrogens is 324 g/mol. The summed E-state index contributed by atoms with van der Waals surface area (Å²) in [7, 11) is -0.668. The second kappa shape index (κ2) is 7.99. The van der Waals surface area contributed by atoms with Crippen LogP contribution in [0.15, 0.2) is 0 Å². The number of hydrogen-bond acceptors (Lipinski definition) is 6. The number of likely N-dealkylation sites (tertiary alicyclic amines) is 1. The van der Waals surface area contributed by atoms with Crippen LogP contribution in [0.4, 0.5) is 0 Å². The number of rotatable bonds is 5. The number of hydrogen-bond donors (Lipinski definition) is 3. The molecule has 2 heterocycles. The lowest BCUT2D eigenvalue weighted by Gasteiger charge is -2.40. The van der Waals surface area contributed by atoms with Crippen molar-refractivity contribution in [2.24, 2.45) is 11.8 Å². The number of piperazine rings is 1. The first-order chi connectivity index (χ1) is 11.4. The molecule has 3 N–H and O–H groups in total. The van der Waals surface area contributed by atoms with E-state index in [2.05, 4.69) is 27.9 Å². The van der Waals surface area contributed by atoms with E-state index in [1.165, 1.54) is 25.8 Å². The van der Waals surface area contributed by atoms with Crippen LogP contribution < -0.4 is 16.0 Å². The standard InChI is InChI=1S/C17H34N4O2S/c1-21-8-7-13(12-21)9-19-17-11-18-10-16(20-17)14-3-5-15(6-4-14)24(2,22)23/h13-20H,3-12H2,1-2H3/t13-,14?,15?,16?,17?/m1/s1. The summed E-state index contributed by atoms with van der Waals surface area (Å²) < 4.78 is 23.4. The monoisotopic (exact) mass is 358 g/mol. The maximum absolute atomic E-state index is 11.7. The van der Waals surface area contributed by atoms with Crippen molar-refractivity contribution < 1.29 is 8.42 Å². The van der Waals surface area contributed by atoms with Crippen molar-refractivity contribution in [2.45, 2.75) is 49.6 Å². The normalized spacial score (nSPS) is 39.2. The molecule has 3 aliphatic rings. The molecule has 7 heteroatoms. The molecule has 3 fully saturated rings. The van der Waals surface area contributed by atoms with E-state index in [0.717, 1.165) is 51.2 Å². The third kappa shape index (κ3) is 4.91. The molecule has 1 saturated carbocycles. The highest BCUT2D eigenvalue weighted by Gasteiger charge is 2.34. The van der Waals surface area contributed by atoms with Gasteiger partial charge in [0.25, 0.3) is 0 Å². The van der Waals surface area contributed by atoms with E-state index in [9.17, 15) is 8.42 Å². The largest absolute Gasteiger partial charge is 0.312 e. The minimum absolute atomic E-state index is 0.112. The van der Waals surface area contributed by atoms with Crippen molar-refractivity contribution in [1.82, 2.24) is 20.9 Å². The van der Waals surface area contributed by atoms with Crippen molar-refractivity contribution >= 4 is 9.84 Å². The minimum atomic E-state index is -2.87. The van der Waals surface area contributed by atoms with Gasteiger partial charge in [0, 0.05) is 38.5 Å². The third-order valence-electron chi connectivity index (χ3n) is 6.16. The summed E-state index contributed by atoms with van der Waals surface area (Å²) >= 11 is 0. The van der Waals surface area contributed by atoms with Crippen LogP contribution in [-0.2, 0) is 9.84 Å². The Morgan fingerprint density at radius 3 is 2.50 bits per heavy atom. The Labute approximate surface area is 147 Å². The highest BCUT2D eigenvalue weighted by atomic mass is 32.2. The van der Waals surface area contributed by atoms with Gasteiger partial charge in [-0.1, -0.05) is 0 Å². The Balaban J connectivity index is 1.42. The van der Waals surface area contributed by atoms with Gasteiger partial charge in [0.15, 0.2) is 0 Å². The molecule has 0 aromatic heterocycles. The summed E-state index contributed by atoms with van der Waals surface area (Å²) in [6.45, 7) is 5.47. The Hall–Kier alpha value is -0.210. The van der Waals surface area contributed by atoms with Gasteiger partial charge in [0.1, 0.15) is 9.84 Å². The molecule has 3 atom stereocenters. The van der Waals surface area contributed by atoms with E-state index in [4.69, 9.17) is 0 Å². The van der Waals surface area contributed by atoms with Crippen LogP contribution in [0.3, 0.4) is 0 Å². The third-order valence-corrected chi connectivity index (χ3v) is 7.85. The first-order valence-corrected chi connectivity index (χ1v) is 11.4. The van der Waals surface area contributed by atoms with E-state index in [-0.39, 0.29) is 5.25 Å². The summed E-state index contributed by atoms with van der Waals surface area (Å²) in [5, 5.41) is 10.9. The van der Waals surface area contributed by atoms with E-state index in [0.29, 0.717) is 18.1 Å². The minimum Gasteiger partial charge on any atom is -0.312 e. The molecule has 0 bridgehead atoms. The van der Waals surface area contributed by atoms with Crippen LogP contribution >= 0.6 is 0 Å². The molecule has 1 aliphatic carbocycles. The van der Waals surface area contributed by atoms with Gasteiger partial charge in [-0.05, 0) is 57.5 Å². The molecule has 2 aliphatic heterocycles. The van der Waals surface area contributed by atoms with E-state index < -0.39 is 9.84 Å². The first-order valence-electron chi connectivity index (χ1n) is 9.49. The fourth-order valence-electron chi connectivity index (χ4n) is 4.61. The number of nitrogens with one attached hydrogen (secondary N) is 3. The van der Waals surface area contributed by atoms with Gasteiger partial charge in [-0.3, -0.25) is 5.32 Å². The number of nitrogens with zero attached hydrogens (tertiary/aromatic N) is 1. The molecule has 140 valence electrons. The molecule has 0 amide bonds. The van der Waals surface area contributed by atoms with Gasteiger partial charge >= 0.3 is 0 Å². The van der Waals surface area contributed by atoms with E-state index in [1.807, 2.05) is 0 Å². The summed E-state index contributed by atoms with van der Waals surface area (Å²) in [5.74, 6) is 1.36. The van der Waals surface area contributed by atoms with Crippen LogP contribution in [0, 0.1) is 11.8 Å². The lowest BCUT2D eigenvalue weighted by Crippen LogP contribution is -2.63. The van der Waals surface area contributed by atoms with Crippen LogP contribution in [-0.4, -0.2) is 76.8 Å².